The second kappa shape index (κ2) is 8.11. The highest BCUT2D eigenvalue weighted by Gasteiger charge is 2.14. The van der Waals surface area contributed by atoms with E-state index >= 15 is 0 Å². The van der Waals surface area contributed by atoms with Gasteiger partial charge in [-0.2, -0.15) is 0 Å². The number of nitrogens with one attached hydrogen (secondary N) is 1. The third-order valence-corrected chi connectivity index (χ3v) is 3.12. The molecule has 0 saturated heterocycles. The van der Waals surface area contributed by atoms with Crippen molar-refractivity contribution in [3.8, 4) is 0 Å². The Bertz CT molecular complexity index is 382. The first-order valence-corrected chi connectivity index (χ1v) is 6.60. The van der Waals surface area contributed by atoms with E-state index in [1.165, 1.54) is 0 Å². The number of methoxy groups -OCH3 is 1. The molecule has 0 heterocycles. The molecule has 0 fully saturated rings. The van der Waals surface area contributed by atoms with Crippen molar-refractivity contribution in [2.24, 2.45) is 0 Å². The molecule has 1 N–H and O–H groups in total. The molecule has 1 rings (SSSR count). The summed E-state index contributed by atoms with van der Waals surface area (Å²) in [5.41, 5.74) is 0.900. The van der Waals surface area contributed by atoms with Crippen molar-refractivity contribution in [2.45, 2.75) is 32.3 Å². The number of benzene rings is 1. The Kier molecular flexibility index (Phi) is 6.76. The Morgan fingerprint density at radius 2 is 2.17 bits per heavy atom. The van der Waals surface area contributed by atoms with Gasteiger partial charge in [-0.1, -0.05) is 43.1 Å². The van der Waals surface area contributed by atoms with E-state index in [1.54, 1.807) is 7.11 Å². The largest absolute Gasteiger partial charge is 0.375 e. The van der Waals surface area contributed by atoms with Crippen LogP contribution in [0.25, 0.3) is 0 Å². The fourth-order valence-corrected chi connectivity index (χ4v) is 1.95. The molecule has 1 unspecified atom stereocenters. The molecule has 1 amide bonds. The molecule has 1 aromatic rings. The van der Waals surface area contributed by atoms with Gasteiger partial charge in [0.25, 0.3) is 0 Å². The van der Waals surface area contributed by atoms with E-state index in [2.05, 4.69) is 12.2 Å². The van der Waals surface area contributed by atoms with Gasteiger partial charge >= 0.3 is 0 Å². The average molecular weight is 270 g/mol. The van der Waals surface area contributed by atoms with Gasteiger partial charge in [0.1, 0.15) is 6.10 Å². The van der Waals surface area contributed by atoms with Crippen molar-refractivity contribution < 1.29 is 9.53 Å². The second-order valence-electron chi connectivity index (χ2n) is 4.15. The number of ether oxygens (including phenoxy) is 1. The maximum absolute atomic E-state index is 11.5. The third kappa shape index (κ3) is 4.67. The normalized spacial score (nSPS) is 12.2. The molecule has 3 nitrogen and oxygen atoms in total. The standard InChI is InChI=1S/C14H20ClNO2/c1-3-4-9-14(17)16-10-13(18-2)11-7-5-6-8-12(11)15/h5-8,13H,3-4,9-10H2,1-2H3,(H,16,17). The topological polar surface area (TPSA) is 38.3 Å². The van der Waals surface area contributed by atoms with Crippen molar-refractivity contribution >= 4 is 17.5 Å². The Hall–Kier alpha value is -1.06. The maximum atomic E-state index is 11.5. The molecule has 0 aliphatic carbocycles. The molecule has 0 saturated carbocycles. The van der Waals surface area contributed by atoms with Crippen LogP contribution in [0.4, 0.5) is 0 Å². The van der Waals surface area contributed by atoms with Crippen molar-refractivity contribution in [1.29, 1.82) is 0 Å². The monoisotopic (exact) mass is 269 g/mol. The number of carbonyl (C=O) groups excluding carboxylic acids is 1. The molecular weight excluding hydrogens is 250 g/mol. The van der Waals surface area contributed by atoms with Crippen LogP contribution < -0.4 is 5.32 Å². The summed E-state index contributed by atoms with van der Waals surface area (Å²) in [5, 5.41) is 3.53. The Morgan fingerprint density at radius 3 is 2.78 bits per heavy atom. The number of amides is 1. The fourth-order valence-electron chi connectivity index (χ4n) is 1.69. The van der Waals surface area contributed by atoms with Gasteiger partial charge in [-0.05, 0) is 12.5 Å². The highest BCUT2D eigenvalue weighted by molar-refractivity contribution is 6.31. The SMILES string of the molecule is CCCCC(=O)NCC(OC)c1ccccc1Cl. The van der Waals surface area contributed by atoms with E-state index in [-0.39, 0.29) is 12.0 Å². The minimum absolute atomic E-state index is 0.0611. The molecule has 1 aromatic carbocycles. The van der Waals surface area contributed by atoms with Gasteiger partial charge in [-0.25, -0.2) is 0 Å². The van der Waals surface area contributed by atoms with Gasteiger partial charge in [0.05, 0.1) is 0 Å². The van der Waals surface area contributed by atoms with Gasteiger partial charge < -0.3 is 10.1 Å². The van der Waals surface area contributed by atoms with Crippen LogP contribution in [0.2, 0.25) is 5.02 Å². The second-order valence-corrected chi connectivity index (χ2v) is 4.56. The van der Waals surface area contributed by atoms with E-state index in [0.717, 1.165) is 18.4 Å². The molecule has 0 radical (unpaired) electrons. The summed E-state index contributed by atoms with van der Waals surface area (Å²) in [6.45, 7) is 2.51. The van der Waals surface area contributed by atoms with E-state index < -0.39 is 0 Å². The zero-order chi connectivity index (χ0) is 13.4. The van der Waals surface area contributed by atoms with Crippen LogP contribution in [0.3, 0.4) is 0 Å². The van der Waals surface area contributed by atoms with E-state index in [4.69, 9.17) is 16.3 Å². The summed E-state index contributed by atoms with van der Waals surface area (Å²) >= 11 is 6.10. The highest BCUT2D eigenvalue weighted by atomic mass is 35.5. The molecule has 18 heavy (non-hydrogen) atoms. The zero-order valence-electron chi connectivity index (χ0n) is 10.9. The molecule has 0 aliphatic rings. The van der Waals surface area contributed by atoms with Crippen molar-refractivity contribution in [3.05, 3.63) is 34.9 Å². The van der Waals surface area contributed by atoms with E-state index in [0.29, 0.717) is 18.0 Å². The molecule has 0 bridgehead atoms. The number of halogens is 1. The maximum Gasteiger partial charge on any atom is 0.220 e. The number of hydrogen-bond donors (Lipinski definition) is 1. The summed E-state index contributed by atoms with van der Waals surface area (Å²) in [7, 11) is 1.62. The predicted octanol–water partition coefficient (Wildman–Crippen LogP) is 3.33. The predicted molar refractivity (Wildman–Crippen MR) is 73.7 cm³/mol. The van der Waals surface area contributed by atoms with E-state index in [9.17, 15) is 4.79 Å². The lowest BCUT2D eigenvalue weighted by Gasteiger charge is -2.17. The van der Waals surface area contributed by atoms with Crippen LogP contribution in [0.5, 0.6) is 0 Å². The van der Waals surface area contributed by atoms with Gasteiger partial charge in [-0.3, -0.25) is 4.79 Å². The molecular formula is C14H20ClNO2. The first kappa shape index (κ1) is 15.0. The average Bonchev–Trinajstić information content (AvgIpc) is 2.39. The number of hydrogen-bond acceptors (Lipinski definition) is 2. The lowest BCUT2D eigenvalue weighted by atomic mass is 10.1. The van der Waals surface area contributed by atoms with E-state index in [1.807, 2.05) is 24.3 Å². The van der Waals surface area contributed by atoms with Crippen LogP contribution in [-0.2, 0) is 9.53 Å². The minimum Gasteiger partial charge on any atom is -0.375 e. The molecule has 0 spiro atoms. The first-order valence-electron chi connectivity index (χ1n) is 6.23. The lowest BCUT2D eigenvalue weighted by Crippen LogP contribution is -2.29. The number of carbonyl (C=O) groups is 1. The minimum atomic E-state index is -0.204. The van der Waals surface area contributed by atoms with Crippen LogP contribution in [-0.4, -0.2) is 19.6 Å². The van der Waals surface area contributed by atoms with Crippen molar-refractivity contribution in [2.75, 3.05) is 13.7 Å². The zero-order valence-corrected chi connectivity index (χ0v) is 11.7. The van der Waals surface area contributed by atoms with Crippen LogP contribution >= 0.6 is 11.6 Å². The van der Waals surface area contributed by atoms with Gasteiger partial charge in [0, 0.05) is 30.7 Å². The lowest BCUT2D eigenvalue weighted by molar-refractivity contribution is -0.121. The summed E-state index contributed by atoms with van der Waals surface area (Å²) in [5.74, 6) is 0.0611. The van der Waals surface area contributed by atoms with Crippen molar-refractivity contribution in [1.82, 2.24) is 5.32 Å². The van der Waals surface area contributed by atoms with Crippen LogP contribution in [0, 0.1) is 0 Å². The third-order valence-electron chi connectivity index (χ3n) is 2.78. The quantitative estimate of drug-likeness (QED) is 0.825. The Labute approximate surface area is 113 Å². The Balaban J connectivity index is 2.53. The van der Waals surface area contributed by atoms with Gasteiger partial charge in [0.2, 0.25) is 5.91 Å². The van der Waals surface area contributed by atoms with Gasteiger partial charge in [0.15, 0.2) is 0 Å². The number of rotatable bonds is 7. The summed E-state index contributed by atoms with van der Waals surface area (Å²) < 4.78 is 5.37. The number of unbranched alkanes of at least 4 members (excludes halogenated alkanes) is 1. The first-order chi connectivity index (χ1) is 8.69. The smallest absolute Gasteiger partial charge is 0.220 e. The highest BCUT2D eigenvalue weighted by Crippen LogP contribution is 2.24. The Morgan fingerprint density at radius 1 is 1.44 bits per heavy atom. The fraction of sp³-hybridized carbons (Fsp3) is 0.500. The summed E-state index contributed by atoms with van der Waals surface area (Å²) in [6.07, 6.45) is 2.29. The van der Waals surface area contributed by atoms with Gasteiger partial charge in [-0.15, -0.1) is 0 Å². The summed E-state index contributed by atoms with van der Waals surface area (Å²) in [6, 6.07) is 7.51. The molecule has 100 valence electrons. The molecule has 4 heteroatoms. The molecule has 1 atom stereocenters. The van der Waals surface area contributed by atoms with Crippen LogP contribution in [0.1, 0.15) is 37.9 Å². The van der Waals surface area contributed by atoms with Crippen LogP contribution in [0.15, 0.2) is 24.3 Å². The summed E-state index contributed by atoms with van der Waals surface area (Å²) in [4.78, 5) is 11.5. The van der Waals surface area contributed by atoms with Crippen molar-refractivity contribution in [3.63, 3.8) is 0 Å². The molecule has 0 aliphatic heterocycles. The molecule has 0 aromatic heterocycles.